The molecule has 1 aromatic carbocycles. The Bertz CT molecular complexity index is 735. The van der Waals surface area contributed by atoms with Gasteiger partial charge in [-0.05, 0) is 76.0 Å². The lowest BCUT2D eigenvalue weighted by Crippen LogP contribution is -2.38. The van der Waals surface area contributed by atoms with Crippen LogP contribution in [0.3, 0.4) is 0 Å². The van der Waals surface area contributed by atoms with E-state index in [-0.39, 0.29) is 6.10 Å². The number of aliphatic hydroxyl groups excluding tert-OH is 1. The number of aryl methyl sites for hydroxylation is 2. The van der Waals surface area contributed by atoms with Gasteiger partial charge in [-0.15, -0.1) is 0 Å². The second kappa shape index (κ2) is 7.06. The normalized spacial score (nSPS) is 23.7. The number of aromatic nitrogens is 2. The third-order valence-corrected chi connectivity index (χ3v) is 6.02. The van der Waals surface area contributed by atoms with Crippen LogP contribution >= 0.6 is 0 Å². The van der Waals surface area contributed by atoms with Gasteiger partial charge < -0.3 is 9.67 Å². The fourth-order valence-electron chi connectivity index (χ4n) is 4.42. The molecule has 1 N–H and O–H groups in total. The number of imidazole rings is 1. The van der Waals surface area contributed by atoms with Crippen molar-refractivity contribution >= 4 is 11.0 Å². The molecule has 2 aliphatic heterocycles. The van der Waals surface area contributed by atoms with Crippen molar-refractivity contribution in [2.24, 2.45) is 0 Å². The van der Waals surface area contributed by atoms with E-state index in [1.165, 1.54) is 43.5 Å². The number of aliphatic hydroxyl groups is 1. The first kappa shape index (κ1) is 17.0. The quantitative estimate of drug-likeness (QED) is 0.905. The van der Waals surface area contributed by atoms with Crippen LogP contribution in [0.1, 0.15) is 30.4 Å². The maximum Gasteiger partial charge on any atom is 0.0959 e. The third kappa shape index (κ3) is 3.59. The van der Waals surface area contributed by atoms with Crippen molar-refractivity contribution in [2.45, 2.75) is 51.8 Å². The second-order valence-corrected chi connectivity index (χ2v) is 7.92. The first-order valence-corrected chi connectivity index (χ1v) is 9.67. The van der Waals surface area contributed by atoms with Gasteiger partial charge in [0.1, 0.15) is 0 Å². The summed E-state index contributed by atoms with van der Waals surface area (Å²) in [6.07, 6.45) is 5.47. The Hall–Kier alpha value is -1.43. The van der Waals surface area contributed by atoms with Crippen LogP contribution in [0.5, 0.6) is 0 Å². The summed E-state index contributed by atoms with van der Waals surface area (Å²) < 4.78 is 2.10. The average Bonchev–Trinajstić information content (AvgIpc) is 3.30. The van der Waals surface area contributed by atoms with Gasteiger partial charge in [-0.3, -0.25) is 9.80 Å². The molecule has 5 nitrogen and oxygen atoms in total. The molecule has 2 unspecified atom stereocenters. The highest BCUT2D eigenvalue weighted by molar-refractivity contribution is 5.77. The third-order valence-electron chi connectivity index (χ3n) is 6.02. The second-order valence-electron chi connectivity index (χ2n) is 7.92. The molecule has 0 bridgehead atoms. The summed E-state index contributed by atoms with van der Waals surface area (Å²) in [6.45, 7) is 10.4. The molecule has 2 fully saturated rings. The zero-order valence-electron chi connectivity index (χ0n) is 15.5. The number of β-amino-alcohol motifs (C(OH)–C–C–N with tert-alkyl or cyclic N) is 1. The monoisotopic (exact) mass is 342 g/mol. The van der Waals surface area contributed by atoms with Gasteiger partial charge in [0.05, 0.1) is 30.0 Å². The molecular weight excluding hydrogens is 312 g/mol. The molecule has 3 heterocycles. The van der Waals surface area contributed by atoms with Crippen LogP contribution < -0.4 is 0 Å². The number of rotatable bonds is 5. The van der Waals surface area contributed by atoms with E-state index in [4.69, 9.17) is 0 Å². The maximum atomic E-state index is 10.6. The molecule has 25 heavy (non-hydrogen) atoms. The average molecular weight is 342 g/mol. The zero-order chi connectivity index (χ0) is 17.4. The molecule has 5 heteroatoms. The predicted octanol–water partition coefficient (Wildman–Crippen LogP) is 2.18. The number of fused-ring (bicyclic) bond motifs is 1. The number of nitrogens with zero attached hydrogens (tertiary/aromatic N) is 4. The highest BCUT2D eigenvalue weighted by atomic mass is 16.3. The van der Waals surface area contributed by atoms with Crippen LogP contribution in [0.2, 0.25) is 0 Å². The van der Waals surface area contributed by atoms with Crippen LogP contribution in [0.25, 0.3) is 11.0 Å². The fraction of sp³-hybridized carbons (Fsp3) is 0.650. The smallest absolute Gasteiger partial charge is 0.0959 e. The van der Waals surface area contributed by atoms with Crippen LogP contribution in [0.4, 0.5) is 0 Å². The topological polar surface area (TPSA) is 44.5 Å². The molecule has 0 radical (unpaired) electrons. The SMILES string of the molecule is Cc1cc2ncn(CC(O)CN3CCC(N4CCCC4)C3)c2cc1C. The Labute approximate surface area is 150 Å². The van der Waals surface area contributed by atoms with E-state index in [1.54, 1.807) is 0 Å². The van der Waals surface area contributed by atoms with E-state index >= 15 is 0 Å². The lowest BCUT2D eigenvalue weighted by Gasteiger charge is -2.25. The fourth-order valence-corrected chi connectivity index (χ4v) is 4.42. The molecule has 2 aromatic rings. The Morgan fingerprint density at radius 1 is 1.12 bits per heavy atom. The summed E-state index contributed by atoms with van der Waals surface area (Å²) in [6, 6.07) is 5.02. The predicted molar refractivity (Wildman–Crippen MR) is 101 cm³/mol. The van der Waals surface area contributed by atoms with Gasteiger partial charge in [-0.1, -0.05) is 0 Å². The van der Waals surface area contributed by atoms with E-state index in [1.807, 2.05) is 6.33 Å². The minimum absolute atomic E-state index is 0.351. The summed E-state index contributed by atoms with van der Waals surface area (Å²) in [5.41, 5.74) is 4.68. The Kier molecular flexibility index (Phi) is 4.80. The van der Waals surface area contributed by atoms with Crippen molar-refractivity contribution in [2.75, 3.05) is 32.7 Å². The Balaban J connectivity index is 1.36. The molecule has 1 aromatic heterocycles. The van der Waals surface area contributed by atoms with Gasteiger partial charge >= 0.3 is 0 Å². The molecular formula is C20H30N4O. The van der Waals surface area contributed by atoms with E-state index in [9.17, 15) is 5.11 Å². The molecule has 2 saturated heterocycles. The first-order valence-electron chi connectivity index (χ1n) is 9.67. The summed E-state index contributed by atoms with van der Waals surface area (Å²) in [7, 11) is 0. The van der Waals surface area contributed by atoms with E-state index in [2.05, 4.69) is 45.3 Å². The van der Waals surface area contributed by atoms with E-state index in [0.29, 0.717) is 12.6 Å². The van der Waals surface area contributed by atoms with E-state index < -0.39 is 0 Å². The molecule has 4 rings (SSSR count). The van der Waals surface area contributed by atoms with Crippen molar-refractivity contribution in [3.8, 4) is 0 Å². The lowest BCUT2D eigenvalue weighted by atomic mass is 10.1. The highest BCUT2D eigenvalue weighted by Crippen LogP contribution is 2.21. The molecule has 0 spiro atoms. The largest absolute Gasteiger partial charge is 0.390 e. The van der Waals surface area contributed by atoms with Crippen molar-refractivity contribution < 1.29 is 5.11 Å². The molecule has 136 valence electrons. The minimum Gasteiger partial charge on any atom is -0.390 e. The maximum absolute atomic E-state index is 10.6. The summed E-state index contributed by atoms with van der Waals surface area (Å²) in [5, 5.41) is 10.6. The zero-order valence-corrected chi connectivity index (χ0v) is 15.5. The first-order chi connectivity index (χ1) is 12.1. The van der Waals surface area contributed by atoms with Crippen LogP contribution in [-0.2, 0) is 6.54 Å². The molecule has 0 saturated carbocycles. The summed E-state index contributed by atoms with van der Waals surface area (Å²) in [5.74, 6) is 0. The van der Waals surface area contributed by atoms with Crippen LogP contribution in [0, 0.1) is 13.8 Å². The van der Waals surface area contributed by atoms with Gasteiger partial charge in [0.25, 0.3) is 0 Å². The van der Waals surface area contributed by atoms with Gasteiger partial charge in [0.2, 0.25) is 0 Å². The number of hydrogen-bond acceptors (Lipinski definition) is 4. The van der Waals surface area contributed by atoms with Crippen molar-refractivity contribution in [3.05, 3.63) is 29.6 Å². The number of benzene rings is 1. The van der Waals surface area contributed by atoms with Gasteiger partial charge in [0, 0.05) is 19.1 Å². The van der Waals surface area contributed by atoms with Crippen LogP contribution in [-0.4, -0.2) is 69.3 Å². The van der Waals surface area contributed by atoms with Crippen LogP contribution in [0.15, 0.2) is 18.5 Å². The molecule has 2 atom stereocenters. The summed E-state index contributed by atoms with van der Waals surface area (Å²) in [4.78, 5) is 9.57. The lowest BCUT2D eigenvalue weighted by molar-refractivity contribution is 0.106. The standard InChI is InChI=1S/C20H30N4O/c1-15-9-19-20(10-16(15)2)24(14-21-19)13-18(25)12-22-8-5-17(11-22)23-6-3-4-7-23/h9-10,14,17-18,25H,3-8,11-13H2,1-2H3. The van der Waals surface area contributed by atoms with Gasteiger partial charge in [0.15, 0.2) is 0 Å². The summed E-state index contributed by atoms with van der Waals surface area (Å²) >= 11 is 0. The van der Waals surface area contributed by atoms with Crippen molar-refractivity contribution in [1.29, 1.82) is 0 Å². The Morgan fingerprint density at radius 2 is 1.88 bits per heavy atom. The van der Waals surface area contributed by atoms with E-state index in [0.717, 1.165) is 30.7 Å². The minimum atomic E-state index is -0.351. The molecule has 2 aliphatic rings. The van der Waals surface area contributed by atoms with Crippen molar-refractivity contribution in [3.63, 3.8) is 0 Å². The highest BCUT2D eigenvalue weighted by Gasteiger charge is 2.30. The molecule has 0 aliphatic carbocycles. The number of hydrogen-bond donors (Lipinski definition) is 1. The van der Waals surface area contributed by atoms with Gasteiger partial charge in [-0.25, -0.2) is 4.98 Å². The van der Waals surface area contributed by atoms with Crippen molar-refractivity contribution in [1.82, 2.24) is 19.4 Å². The molecule has 0 amide bonds. The Morgan fingerprint density at radius 3 is 2.68 bits per heavy atom. The van der Waals surface area contributed by atoms with Gasteiger partial charge in [-0.2, -0.15) is 0 Å². The number of likely N-dealkylation sites (tertiary alicyclic amines) is 2.